The minimum absolute atomic E-state index is 0.0921. The van der Waals surface area contributed by atoms with Crippen LogP contribution in [0, 0.1) is 0 Å². The highest BCUT2D eigenvalue weighted by atomic mass is 16.5. The van der Waals surface area contributed by atoms with Gasteiger partial charge in [0, 0.05) is 11.6 Å². The van der Waals surface area contributed by atoms with Crippen molar-refractivity contribution in [2.75, 3.05) is 25.0 Å². The SMILES string of the molecule is O=C(COC1CCNCC1)Nc1ccc2oc(C3CC3)nc2c1. The van der Waals surface area contributed by atoms with E-state index in [1.807, 2.05) is 18.2 Å². The topological polar surface area (TPSA) is 76.4 Å². The van der Waals surface area contributed by atoms with Crippen molar-refractivity contribution < 1.29 is 13.9 Å². The monoisotopic (exact) mass is 315 g/mol. The van der Waals surface area contributed by atoms with Crippen LogP contribution in [0.1, 0.15) is 37.5 Å². The summed E-state index contributed by atoms with van der Waals surface area (Å²) in [7, 11) is 0. The Balaban J connectivity index is 1.35. The molecule has 6 nitrogen and oxygen atoms in total. The first-order valence-corrected chi connectivity index (χ1v) is 8.30. The van der Waals surface area contributed by atoms with Gasteiger partial charge in [-0.25, -0.2) is 4.98 Å². The number of oxazole rings is 1. The van der Waals surface area contributed by atoms with Gasteiger partial charge >= 0.3 is 0 Å². The van der Waals surface area contributed by atoms with Crippen LogP contribution < -0.4 is 10.6 Å². The van der Waals surface area contributed by atoms with Gasteiger partial charge in [0.2, 0.25) is 5.91 Å². The van der Waals surface area contributed by atoms with E-state index in [1.165, 1.54) is 0 Å². The number of nitrogens with zero attached hydrogens (tertiary/aromatic N) is 1. The van der Waals surface area contributed by atoms with Crippen LogP contribution >= 0.6 is 0 Å². The van der Waals surface area contributed by atoms with Crippen molar-refractivity contribution in [2.45, 2.75) is 37.7 Å². The second-order valence-electron chi connectivity index (χ2n) is 6.32. The molecule has 0 radical (unpaired) electrons. The number of benzene rings is 1. The van der Waals surface area contributed by atoms with Crippen molar-refractivity contribution in [3.8, 4) is 0 Å². The van der Waals surface area contributed by atoms with Crippen LogP contribution in [0.5, 0.6) is 0 Å². The molecule has 122 valence electrons. The van der Waals surface area contributed by atoms with Crippen molar-refractivity contribution in [2.24, 2.45) is 0 Å². The summed E-state index contributed by atoms with van der Waals surface area (Å²) >= 11 is 0. The predicted octanol–water partition coefficient (Wildman–Crippen LogP) is 2.41. The number of hydrogen-bond donors (Lipinski definition) is 2. The molecule has 1 aromatic heterocycles. The summed E-state index contributed by atoms with van der Waals surface area (Å²) in [6, 6.07) is 5.55. The number of fused-ring (bicyclic) bond motifs is 1. The fourth-order valence-electron chi connectivity index (χ4n) is 2.88. The van der Waals surface area contributed by atoms with Gasteiger partial charge in [-0.15, -0.1) is 0 Å². The number of ether oxygens (including phenoxy) is 1. The molecule has 2 N–H and O–H groups in total. The first kappa shape index (κ1) is 14.7. The van der Waals surface area contributed by atoms with Gasteiger partial charge < -0.3 is 19.8 Å². The third-order valence-corrected chi connectivity index (χ3v) is 4.35. The highest BCUT2D eigenvalue weighted by molar-refractivity contribution is 5.93. The quantitative estimate of drug-likeness (QED) is 0.886. The fourth-order valence-corrected chi connectivity index (χ4v) is 2.88. The van der Waals surface area contributed by atoms with E-state index in [4.69, 9.17) is 9.15 Å². The maximum absolute atomic E-state index is 12.0. The highest BCUT2D eigenvalue weighted by Crippen LogP contribution is 2.40. The van der Waals surface area contributed by atoms with E-state index in [2.05, 4.69) is 15.6 Å². The summed E-state index contributed by atoms with van der Waals surface area (Å²) < 4.78 is 11.4. The third-order valence-electron chi connectivity index (χ3n) is 4.35. The molecule has 23 heavy (non-hydrogen) atoms. The van der Waals surface area contributed by atoms with Crippen molar-refractivity contribution >= 4 is 22.7 Å². The van der Waals surface area contributed by atoms with E-state index in [9.17, 15) is 4.79 Å². The molecule has 1 saturated carbocycles. The Morgan fingerprint density at radius 2 is 2.13 bits per heavy atom. The lowest BCUT2D eigenvalue weighted by Gasteiger charge is -2.22. The fraction of sp³-hybridized carbons (Fsp3) is 0.529. The van der Waals surface area contributed by atoms with Crippen molar-refractivity contribution in [3.63, 3.8) is 0 Å². The van der Waals surface area contributed by atoms with E-state index in [0.717, 1.165) is 61.5 Å². The minimum atomic E-state index is -0.131. The van der Waals surface area contributed by atoms with E-state index in [-0.39, 0.29) is 18.6 Å². The lowest BCUT2D eigenvalue weighted by atomic mass is 10.1. The zero-order chi connectivity index (χ0) is 15.6. The Labute approximate surface area is 134 Å². The maximum Gasteiger partial charge on any atom is 0.250 e. The first-order valence-electron chi connectivity index (χ1n) is 8.30. The lowest BCUT2D eigenvalue weighted by Crippen LogP contribution is -2.34. The largest absolute Gasteiger partial charge is 0.440 e. The van der Waals surface area contributed by atoms with E-state index in [1.54, 1.807) is 0 Å². The standard InChI is InChI=1S/C17H21N3O3/c21-16(10-22-13-5-7-18-8-6-13)19-12-3-4-15-14(9-12)20-17(23-15)11-1-2-11/h3-4,9,11,13,18H,1-2,5-8,10H2,(H,19,21). The Morgan fingerprint density at radius 3 is 2.91 bits per heavy atom. The minimum Gasteiger partial charge on any atom is -0.440 e. The number of piperidine rings is 1. The van der Waals surface area contributed by atoms with Crippen LogP contribution in [0.3, 0.4) is 0 Å². The summed E-state index contributed by atoms with van der Waals surface area (Å²) in [6.45, 7) is 2.01. The molecule has 0 bridgehead atoms. The van der Waals surface area contributed by atoms with Gasteiger partial charge in [0.05, 0.1) is 6.10 Å². The molecule has 2 aromatic rings. The molecule has 0 atom stereocenters. The van der Waals surface area contributed by atoms with E-state index in [0.29, 0.717) is 5.92 Å². The summed E-state index contributed by atoms with van der Waals surface area (Å²) in [5.74, 6) is 1.17. The molecule has 0 spiro atoms. The van der Waals surface area contributed by atoms with Crippen LogP contribution in [0.4, 0.5) is 5.69 Å². The Bertz CT molecular complexity index is 702. The van der Waals surface area contributed by atoms with Gasteiger partial charge in [0.25, 0.3) is 0 Å². The predicted molar refractivity (Wildman–Crippen MR) is 86.5 cm³/mol. The number of anilines is 1. The van der Waals surface area contributed by atoms with Crippen LogP contribution in [0.25, 0.3) is 11.1 Å². The number of amides is 1. The Hall–Kier alpha value is -1.92. The molecule has 4 rings (SSSR count). The molecule has 1 amide bonds. The van der Waals surface area contributed by atoms with Gasteiger partial charge in [-0.05, 0) is 57.0 Å². The molecule has 1 aromatic carbocycles. The number of carbonyl (C=O) groups excluding carboxylic acids is 1. The van der Waals surface area contributed by atoms with Gasteiger partial charge in [0.1, 0.15) is 12.1 Å². The Kier molecular flexibility index (Phi) is 4.01. The van der Waals surface area contributed by atoms with Gasteiger partial charge in [-0.2, -0.15) is 0 Å². The zero-order valence-electron chi connectivity index (χ0n) is 13.0. The molecule has 2 fully saturated rings. The first-order chi connectivity index (χ1) is 11.3. The van der Waals surface area contributed by atoms with E-state index < -0.39 is 0 Å². The van der Waals surface area contributed by atoms with Gasteiger partial charge in [-0.1, -0.05) is 0 Å². The number of hydrogen-bond acceptors (Lipinski definition) is 5. The van der Waals surface area contributed by atoms with Crippen molar-refractivity contribution in [1.82, 2.24) is 10.3 Å². The lowest BCUT2D eigenvalue weighted by molar-refractivity contribution is -0.123. The molecule has 1 aliphatic carbocycles. The maximum atomic E-state index is 12.0. The molecule has 0 unspecified atom stereocenters. The molecule has 6 heteroatoms. The normalized spacial score (nSPS) is 19.1. The van der Waals surface area contributed by atoms with Gasteiger partial charge in [0.15, 0.2) is 11.5 Å². The molecule has 1 aliphatic heterocycles. The molecular weight excluding hydrogens is 294 g/mol. The summed E-state index contributed by atoms with van der Waals surface area (Å²) in [6.07, 6.45) is 4.42. The van der Waals surface area contributed by atoms with Crippen molar-refractivity contribution in [3.05, 3.63) is 24.1 Å². The molecule has 1 saturated heterocycles. The average molecular weight is 315 g/mol. The number of nitrogens with one attached hydrogen (secondary N) is 2. The molecule has 2 aliphatic rings. The summed E-state index contributed by atoms with van der Waals surface area (Å²) in [5.41, 5.74) is 2.30. The van der Waals surface area contributed by atoms with Crippen molar-refractivity contribution in [1.29, 1.82) is 0 Å². The second kappa shape index (κ2) is 6.29. The zero-order valence-corrected chi connectivity index (χ0v) is 13.0. The number of aromatic nitrogens is 1. The summed E-state index contributed by atoms with van der Waals surface area (Å²) in [4.78, 5) is 16.5. The van der Waals surface area contributed by atoms with Crippen LogP contribution in [-0.4, -0.2) is 36.7 Å². The number of carbonyl (C=O) groups is 1. The molecule has 2 heterocycles. The Morgan fingerprint density at radius 1 is 1.30 bits per heavy atom. The highest BCUT2D eigenvalue weighted by Gasteiger charge is 2.28. The van der Waals surface area contributed by atoms with Gasteiger partial charge in [-0.3, -0.25) is 4.79 Å². The van der Waals surface area contributed by atoms with Crippen LogP contribution in [0.15, 0.2) is 22.6 Å². The summed E-state index contributed by atoms with van der Waals surface area (Å²) in [5, 5.41) is 6.14. The second-order valence-corrected chi connectivity index (χ2v) is 6.32. The average Bonchev–Trinajstić information content (AvgIpc) is 3.34. The third kappa shape index (κ3) is 3.54. The smallest absolute Gasteiger partial charge is 0.250 e. The van der Waals surface area contributed by atoms with E-state index >= 15 is 0 Å². The number of rotatable bonds is 5. The van der Waals surface area contributed by atoms with Crippen LogP contribution in [0.2, 0.25) is 0 Å². The molecular formula is C17H21N3O3. The van der Waals surface area contributed by atoms with Crippen LogP contribution in [-0.2, 0) is 9.53 Å².